The molecule has 0 amide bonds. The fourth-order valence-corrected chi connectivity index (χ4v) is 7.04. The lowest BCUT2D eigenvalue weighted by Crippen LogP contribution is -2.00. The maximum atomic E-state index is 2.47. The van der Waals surface area contributed by atoms with Crippen LogP contribution in [0.5, 0.6) is 0 Å². The van der Waals surface area contributed by atoms with Crippen molar-refractivity contribution in [2.45, 2.75) is 0 Å². The smallest absolute Gasteiger partial charge is 0.0782 e. The van der Waals surface area contributed by atoms with Crippen molar-refractivity contribution in [3.63, 3.8) is 0 Å². The van der Waals surface area contributed by atoms with Crippen LogP contribution >= 0.6 is 0 Å². The SMILES string of the molecule is c1ccc(-c2cccc(-n3c4ccccc4c4cccc(-n5c6ccccc6c6c(-c7ccccc7)cccc65)c43)c2)cc1. The van der Waals surface area contributed by atoms with E-state index in [1.165, 1.54) is 71.6 Å². The summed E-state index contributed by atoms with van der Waals surface area (Å²) in [6, 6.07) is 61.4. The third-order valence-electron chi connectivity index (χ3n) is 8.91. The van der Waals surface area contributed by atoms with Gasteiger partial charge in [-0.2, -0.15) is 0 Å². The van der Waals surface area contributed by atoms with E-state index in [2.05, 4.69) is 179 Å². The van der Waals surface area contributed by atoms with Gasteiger partial charge in [-0.15, -0.1) is 0 Å². The summed E-state index contributed by atoms with van der Waals surface area (Å²) in [6.45, 7) is 0. The zero-order valence-electron chi connectivity index (χ0n) is 24.1. The zero-order valence-corrected chi connectivity index (χ0v) is 24.1. The molecule has 44 heavy (non-hydrogen) atoms. The van der Waals surface area contributed by atoms with Gasteiger partial charge in [0.15, 0.2) is 0 Å². The van der Waals surface area contributed by atoms with Crippen molar-refractivity contribution in [3.8, 4) is 33.6 Å². The molecule has 0 bridgehead atoms. The van der Waals surface area contributed by atoms with Crippen molar-refractivity contribution in [2.75, 3.05) is 0 Å². The zero-order chi connectivity index (χ0) is 29.0. The van der Waals surface area contributed by atoms with Crippen molar-refractivity contribution in [1.82, 2.24) is 9.13 Å². The summed E-state index contributed by atoms with van der Waals surface area (Å²) >= 11 is 0. The van der Waals surface area contributed by atoms with E-state index in [0.717, 1.165) is 5.69 Å². The largest absolute Gasteiger partial charge is 0.307 e. The number of benzene rings is 7. The van der Waals surface area contributed by atoms with Gasteiger partial charge in [-0.3, -0.25) is 0 Å². The van der Waals surface area contributed by atoms with Gasteiger partial charge in [0.05, 0.1) is 27.8 Å². The number of aromatic nitrogens is 2. The van der Waals surface area contributed by atoms with E-state index < -0.39 is 0 Å². The van der Waals surface area contributed by atoms with E-state index in [1.807, 2.05) is 0 Å². The minimum Gasteiger partial charge on any atom is -0.307 e. The Morgan fingerprint density at radius 1 is 0.341 bits per heavy atom. The van der Waals surface area contributed by atoms with Crippen LogP contribution in [0.2, 0.25) is 0 Å². The number of rotatable bonds is 4. The van der Waals surface area contributed by atoms with Gasteiger partial charge in [0, 0.05) is 27.2 Å². The van der Waals surface area contributed by atoms with Gasteiger partial charge in [0.25, 0.3) is 0 Å². The van der Waals surface area contributed by atoms with Crippen LogP contribution in [0.15, 0.2) is 170 Å². The number of fused-ring (bicyclic) bond motifs is 6. The normalized spacial score (nSPS) is 11.6. The first-order valence-electron chi connectivity index (χ1n) is 15.1. The molecule has 0 aliphatic carbocycles. The van der Waals surface area contributed by atoms with E-state index in [0.29, 0.717) is 0 Å². The topological polar surface area (TPSA) is 9.86 Å². The molecule has 9 aromatic rings. The molecule has 0 spiro atoms. The van der Waals surface area contributed by atoms with Gasteiger partial charge >= 0.3 is 0 Å². The molecule has 0 radical (unpaired) electrons. The number of hydrogen-bond acceptors (Lipinski definition) is 0. The Morgan fingerprint density at radius 3 is 1.70 bits per heavy atom. The predicted octanol–water partition coefficient (Wildman–Crippen LogP) is 11.2. The Kier molecular flexibility index (Phi) is 5.54. The van der Waals surface area contributed by atoms with Crippen molar-refractivity contribution in [2.24, 2.45) is 0 Å². The summed E-state index contributed by atoms with van der Waals surface area (Å²) in [4.78, 5) is 0. The molecule has 0 N–H and O–H groups in total. The fourth-order valence-electron chi connectivity index (χ4n) is 7.04. The highest BCUT2D eigenvalue weighted by atomic mass is 15.1. The first-order valence-corrected chi connectivity index (χ1v) is 15.1. The van der Waals surface area contributed by atoms with Gasteiger partial charge in [0.1, 0.15) is 0 Å². The minimum atomic E-state index is 1.15. The highest BCUT2D eigenvalue weighted by Gasteiger charge is 2.21. The van der Waals surface area contributed by atoms with Gasteiger partial charge in [-0.05, 0) is 58.7 Å². The Morgan fingerprint density at radius 2 is 0.909 bits per heavy atom. The Hall–Kier alpha value is -5.86. The lowest BCUT2D eigenvalue weighted by molar-refractivity contribution is 1.13. The van der Waals surface area contributed by atoms with Crippen LogP contribution in [-0.2, 0) is 0 Å². The minimum absolute atomic E-state index is 1.15. The number of hydrogen-bond donors (Lipinski definition) is 0. The second kappa shape index (κ2) is 9.86. The third-order valence-corrected chi connectivity index (χ3v) is 8.91. The van der Waals surface area contributed by atoms with E-state index in [-0.39, 0.29) is 0 Å². The average molecular weight is 561 g/mol. The molecule has 2 heteroatoms. The summed E-state index contributed by atoms with van der Waals surface area (Å²) in [7, 11) is 0. The van der Waals surface area contributed by atoms with Crippen LogP contribution in [0.3, 0.4) is 0 Å². The summed E-state index contributed by atoms with van der Waals surface area (Å²) in [6.07, 6.45) is 0. The van der Waals surface area contributed by atoms with Gasteiger partial charge in [0.2, 0.25) is 0 Å². The molecule has 0 saturated carbocycles. The van der Waals surface area contributed by atoms with Crippen LogP contribution in [0.25, 0.3) is 77.2 Å². The molecular formula is C42H28N2. The van der Waals surface area contributed by atoms with Crippen LogP contribution in [0, 0.1) is 0 Å². The van der Waals surface area contributed by atoms with Crippen molar-refractivity contribution in [1.29, 1.82) is 0 Å². The molecule has 0 saturated heterocycles. The first kappa shape index (κ1) is 24.7. The molecule has 0 atom stereocenters. The molecule has 0 aliphatic heterocycles. The molecular weight excluding hydrogens is 532 g/mol. The lowest BCUT2D eigenvalue weighted by Gasteiger charge is -2.15. The number of para-hydroxylation sites is 3. The standard InChI is InChI=1S/C42H28N2/c1-3-14-29(15-4-1)31-18-11-19-32(28-31)43-37-24-9-7-20-34(37)35-23-13-27-40(42(35)43)44-38-25-10-8-21-36(38)41-33(22-12-26-39(41)44)30-16-5-2-6-17-30/h1-28H. The summed E-state index contributed by atoms with van der Waals surface area (Å²) in [5.74, 6) is 0. The lowest BCUT2D eigenvalue weighted by atomic mass is 9.99. The van der Waals surface area contributed by atoms with Crippen LogP contribution in [-0.4, -0.2) is 9.13 Å². The van der Waals surface area contributed by atoms with Gasteiger partial charge in [-0.1, -0.05) is 133 Å². The second-order valence-corrected chi connectivity index (χ2v) is 11.4. The molecule has 206 valence electrons. The molecule has 2 heterocycles. The molecule has 9 rings (SSSR count). The van der Waals surface area contributed by atoms with Gasteiger partial charge < -0.3 is 9.13 Å². The van der Waals surface area contributed by atoms with Crippen LogP contribution in [0.4, 0.5) is 0 Å². The number of nitrogens with zero attached hydrogens (tertiary/aromatic N) is 2. The molecule has 0 unspecified atom stereocenters. The quantitative estimate of drug-likeness (QED) is 0.203. The highest BCUT2D eigenvalue weighted by molar-refractivity contribution is 6.18. The van der Waals surface area contributed by atoms with E-state index in [9.17, 15) is 0 Å². The van der Waals surface area contributed by atoms with Crippen molar-refractivity contribution >= 4 is 43.6 Å². The highest BCUT2D eigenvalue weighted by Crippen LogP contribution is 2.42. The maximum Gasteiger partial charge on any atom is 0.0782 e. The van der Waals surface area contributed by atoms with Crippen molar-refractivity contribution in [3.05, 3.63) is 170 Å². The van der Waals surface area contributed by atoms with E-state index >= 15 is 0 Å². The van der Waals surface area contributed by atoms with Gasteiger partial charge in [-0.25, -0.2) is 0 Å². The van der Waals surface area contributed by atoms with Crippen LogP contribution in [0.1, 0.15) is 0 Å². The molecule has 2 nitrogen and oxygen atoms in total. The summed E-state index contributed by atoms with van der Waals surface area (Å²) < 4.78 is 4.92. The summed E-state index contributed by atoms with van der Waals surface area (Å²) in [5, 5.41) is 5.03. The Bertz CT molecular complexity index is 2480. The maximum absolute atomic E-state index is 2.47. The second-order valence-electron chi connectivity index (χ2n) is 11.4. The predicted molar refractivity (Wildman–Crippen MR) is 186 cm³/mol. The molecule has 0 aliphatic rings. The molecule has 0 fully saturated rings. The van der Waals surface area contributed by atoms with Crippen LogP contribution < -0.4 is 0 Å². The monoisotopic (exact) mass is 560 g/mol. The average Bonchev–Trinajstić information content (AvgIpc) is 3.62. The molecule has 7 aromatic carbocycles. The van der Waals surface area contributed by atoms with E-state index in [1.54, 1.807) is 0 Å². The van der Waals surface area contributed by atoms with Crippen molar-refractivity contribution < 1.29 is 0 Å². The Labute approximate surface area is 255 Å². The first-order chi connectivity index (χ1) is 21.9. The third kappa shape index (κ3) is 3.68. The Balaban J connectivity index is 1.41. The summed E-state index contributed by atoms with van der Waals surface area (Å²) in [5.41, 5.74) is 12.0. The molecule has 2 aromatic heterocycles. The fraction of sp³-hybridized carbons (Fsp3) is 0. The van der Waals surface area contributed by atoms with E-state index in [4.69, 9.17) is 0 Å².